The van der Waals surface area contributed by atoms with Gasteiger partial charge in [0, 0.05) is 19.6 Å². The number of ether oxygens (including phenoxy) is 2. The third-order valence-electron chi connectivity index (χ3n) is 6.51. The summed E-state index contributed by atoms with van der Waals surface area (Å²) in [5.41, 5.74) is 1.38. The molecule has 0 radical (unpaired) electrons. The molecule has 7 nitrogen and oxygen atoms in total. The number of hydrogen-bond donors (Lipinski definition) is 0. The first-order chi connectivity index (χ1) is 17.2. The molecule has 3 aromatic rings. The van der Waals surface area contributed by atoms with Crippen LogP contribution in [0.3, 0.4) is 0 Å². The van der Waals surface area contributed by atoms with Crippen molar-refractivity contribution < 1.29 is 14.3 Å². The van der Waals surface area contributed by atoms with Gasteiger partial charge < -0.3 is 14.4 Å². The lowest BCUT2D eigenvalue weighted by Crippen LogP contribution is -2.39. The highest BCUT2D eigenvalue weighted by atomic mass is 32.2. The maximum absolute atomic E-state index is 12.9. The fourth-order valence-corrected chi connectivity index (χ4v) is 5.50. The minimum atomic E-state index is -0.369. The number of amides is 1. The van der Waals surface area contributed by atoms with E-state index in [4.69, 9.17) is 9.47 Å². The Kier molecular flexibility index (Phi) is 7.37. The van der Waals surface area contributed by atoms with Crippen LogP contribution in [0.15, 0.2) is 72.4 Å². The molecule has 5 rings (SSSR count). The standard InChI is InChI=1S/C27H30N4O3S/c1-2-14-31-26(24-18-33-22-10-6-7-11-23(22)34-24)28-29-27(31)35-19-25(32)30-15-12-21(13-16-30)17-20-8-4-3-5-9-20/h2-11,21,24H,1,12-19H2/t24-/m0/s1. The number of hydrogen-bond acceptors (Lipinski definition) is 6. The summed E-state index contributed by atoms with van der Waals surface area (Å²) in [4.78, 5) is 14.9. The molecule has 2 aliphatic heterocycles. The Labute approximate surface area is 210 Å². The fraction of sp³-hybridized carbons (Fsp3) is 0.370. The van der Waals surface area contributed by atoms with Gasteiger partial charge in [0.15, 0.2) is 28.6 Å². The summed E-state index contributed by atoms with van der Waals surface area (Å²) in [5.74, 6) is 3.22. The van der Waals surface area contributed by atoms with Gasteiger partial charge in [0.25, 0.3) is 0 Å². The topological polar surface area (TPSA) is 69.5 Å². The molecule has 1 amide bonds. The Morgan fingerprint density at radius 3 is 2.57 bits per heavy atom. The van der Waals surface area contributed by atoms with Crippen molar-refractivity contribution >= 4 is 17.7 Å². The lowest BCUT2D eigenvalue weighted by Gasteiger charge is -2.32. The third kappa shape index (κ3) is 5.53. The number of piperidine rings is 1. The van der Waals surface area contributed by atoms with E-state index in [1.54, 1.807) is 6.08 Å². The Hall–Kier alpha value is -3.26. The number of fused-ring (bicyclic) bond motifs is 1. The van der Waals surface area contributed by atoms with Crippen molar-refractivity contribution in [3.63, 3.8) is 0 Å². The molecular formula is C27H30N4O3S. The molecule has 0 aliphatic carbocycles. The first kappa shape index (κ1) is 23.5. The average Bonchev–Trinajstić information content (AvgIpc) is 3.30. The van der Waals surface area contributed by atoms with Gasteiger partial charge in [0.05, 0.1) is 5.75 Å². The predicted octanol–water partition coefficient (Wildman–Crippen LogP) is 4.55. The van der Waals surface area contributed by atoms with Crippen LogP contribution in [-0.4, -0.2) is 51.0 Å². The van der Waals surface area contributed by atoms with Crippen LogP contribution < -0.4 is 9.47 Å². The molecule has 3 heterocycles. The van der Waals surface area contributed by atoms with Crippen LogP contribution in [0, 0.1) is 5.92 Å². The van der Waals surface area contributed by atoms with Gasteiger partial charge in [-0.05, 0) is 42.9 Å². The van der Waals surface area contributed by atoms with Crippen LogP contribution in [0.2, 0.25) is 0 Å². The summed E-state index contributed by atoms with van der Waals surface area (Å²) in [6.45, 7) is 6.39. The number of thioether (sulfide) groups is 1. The second-order valence-corrected chi connectivity index (χ2v) is 9.85. The molecule has 1 aromatic heterocycles. The fourth-order valence-electron chi connectivity index (χ4n) is 4.64. The summed E-state index contributed by atoms with van der Waals surface area (Å²) < 4.78 is 13.9. The van der Waals surface area contributed by atoms with Gasteiger partial charge in [-0.15, -0.1) is 16.8 Å². The van der Waals surface area contributed by atoms with Crippen molar-refractivity contribution in [1.29, 1.82) is 0 Å². The van der Waals surface area contributed by atoms with E-state index >= 15 is 0 Å². The van der Waals surface area contributed by atoms with E-state index in [1.165, 1.54) is 17.3 Å². The monoisotopic (exact) mass is 490 g/mol. The number of nitrogens with zero attached hydrogens (tertiary/aromatic N) is 4. The van der Waals surface area contributed by atoms with E-state index < -0.39 is 0 Å². The van der Waals surface area contributed by atoms with Crippen molar-refractivity contribution in [2.24, 2.45) is 5.92 Å². The normalized spacial score (nSPS) is 17.8. The second-order valence-electron chi connectivity index (χ2n) is 8.91. The van der Waals surface area contributed by atoms with E-state index in [-0.39, 0.29) is 12.0 Å². The largest absolute Gasteiger partial charge is 0.485 e. The molecule has 1 saturated heterocycles. The zero-order valence-corrected chi connectivity index (χ0v) is 20.5. The highest BCUT2D eigenvalue weighted by Crippen LogP contribution is 2.36. The van der Waals surface area contributed by atoms with Gasteiger partial charge in [-0.1, -0.05) is 60.3 Å². The van der Waals surface area contributed by atoms with Gasteiger partial charge in [-0.25, -0.2) is 0 Å². The number of benzene rings is 2. The smallest absolute Gasteiger partial charge is 0.233 e. The van der Waals surface area contributed by atoms with E-state index in [0.29, 0.717) is 41.6 Å². The maximum Gasteiger partial charge on any atom is 0.233 e. The van der Waals surface area contributed by atoms with Crippen LogP contribution in [0.1, 0.15) is 30.3 Å². The molecule has 2 aromatic carbocycles. The minimum Gasteiger partial charge on any atom is -0.485 e. The van der Waals surface area contributed by atoms with Crippen LogP contribution in [0.5, 0.6) is 11.5 Å². The quantitative estimate of drug-likeness (QED) is 0.341. The van der Waals surface area contributed by atoms with Crippen LogP contribution in [0.25, 0.3) is 0 Å². The number of allylic oxidation sites excluding steroid dienone is 1. The number of para-hydroxylation sites is 2. The Balaban J connectivity index is 1.17. The molecule has 0 saturated carbocycles. The molecular weight excluding hydrogens is 460 g/mol. The highest BCUT2D eigenvalue weighted by Gasteiger charge is 2.29. The van der Waals surface area contributed by atoms with Crippen molar-refractivity contribution in [3.05, 3.63) is 78.6 Å². The molecule has 0 bridgehead atoms. The van der Waals surface area contributed by atoms with Crippen molar-refractivity contribution in [2.45, 2.75) is 37.1 Å². The third-order valence-corrected chi connectivity index (χ3v) is 7.46. The summed E-state index contributed by atoms with van der Waals surface area (Å²) >= 11 is 1.42. The van der Waals surface area contributed by atoms with Gasteiger partial charge >= 0.3 is 0 Å². The van der Waals surface area contributed by atoms with Crippen molar-refractivity contribution in [3.8, 4) is 11.5 Å². The molecule has 1 atom stereocenters. The summed E-state index contributed by atoms with van der Waals surface area (Å²) in [6.07, 6.45) is 4.60. The molecule has 8 heteroatoms. The molecule has 1 fully saturated rings. The number of likely N-dealkylation sites (tertiary alicyclic amines) is 1. The van der Waals surface area contributed by atoms with Gasteiger partial charge in [-0.3, -0.25) is 9.36 Å². The predicted molar refractivity (Wildman–Crippen MR) is 136 cm³/mol. The number of carbonyl (C=O) groups is 1. The van der Waals surface area contributed by atoms with Crippen molar-refractivity contribution in [1.82, 2.24) is 19.7 Å². The van der Waals surface area contributed by atoms with E-state index in [1.807, 2.05) is 33.7 Å². The Morgan fingerprint density at radius 2 is 1.80 bits per heavy atom. The first-order valence-electron chi connectivity index (χ1n) is 12.1. The summed E-state index contributed by atoms with van der Waals surface area (Å²) in [7, 11) is 0. The van der Waals surface area contributed by atoms with Gasteiger partial charge in [0.2, 0.25) is 5.91 Å². The summed E-state index contributed by atoms with van der Waals surface area (Å²) in [6, 6.07) is 18.2. The second kappa shape index (κ2) is 11.0. The van der Waals surface area contributed by atoms with Gasteiger partial charge in [0.1, 0.15) is 6.61 Å². The number of rotatable bonds is 8. The van der Waals surface area contributed by atoms with Crippen LogP contribution in [0.4, 0.5) is 0 Å². The Bertz CT molecular complexity index is 1160. The lowest BCUT2D eigenvalue weighted by molar-refractivity contribution is -0.129. The lowest BCUT2D eigenvalue weighted by atomic mass is 9.90. The molecule has 35 heavy (non-hydrogen) atoms. The Morgan fingerprint density at radius 1 is 1.06 bits per heavy atom. The highest BCUT2D eigenvalue weighted by molar-refractivity contribution is 7.99. The number of carbonyl (C=O) groups excluding carboxylic acids is 1. The first-order valence-corrected chi connectivity index (χ1v) is 13.1. The maximum atomic E-state index is 12.9. The number of aromatic nitrogens is 3. The van der Waals surface area contributed by atoms with Crippen LogP contribution in [-0.2, 0) is 17.8 Å². The van der Waals surface area contributed by atoms with E-state index in [9.17, 15) is 4.79 Å². The van der Waals surface area contributed by atoms with Crippen LogP contribution >= 0.6 is 11.8 Å². The zero-order valence-electron chi connectivity index (χ0n) is 19.7. The zero-order chi connectivity index (χ0) is 24.0. The molecule has 0 unspecified atom stereocenters. The molecule has 0 N–H and O–H groups in total. The SMILES string of the molecule is C=CCn1c(SCC(=O)N2CCC(Cc3ccccc3)CC2)nnc1[C@@H]1COc2ccccc2O1. The molecule has 182 valence electrons. The molecule has 2 aliphatic rings. The van der Waals surface area contributed by atoms with Crippen molar-refractivity contribution in [2.75, 3.05) is 25.4 Å². The van der Waals surface area contributed by atoms with E-state index in [0.717, 1.165) is 38.1 Å². The summed E-state index contributed by atoms with van der Waals surface area (Å²) in [5, 5.41) is 9.44. The average molecular weight is 491 g/mol. The minimum absolute atomic E-state index is 0.147. The van der Waals surface area contributed by atoms with E-state index in [2.05, 4.69) is 47.1 Å². The van der Waals surface area contributed by atoms with Gasteiger partial charge in [-0.2, -0.15) is 0 Å². The molecule has 0 spiro atoms.